The van der Waals surface area contributed by atoms with E-state index in [4.69, 9.17) is 0 Å². The molecule has 6 bridgehead atoms. The fourth-order valence-electron chi connectivity index (χ4n) is 8.27. The van der Waals surface area contributed by atoms with Gasteiger partial charge in [0.15, 0.2) is 0 Å². The van der Waals surface area contributed by atoms with Crippen molar-refractivity contribution in [3.05, 3.63) is 23.8 Å². The molecule has 33 heavy (non-hydrogen) atoms. The predicted molar refractivity (Wildman–Crippen MR) is 126 cm³/mol. The van der Waals surface area contributed by atoms with Crippen LogP contribution < -0.4 is 0 Å². The average molecular weight is 457 g/mol. The molecule has 0 amide bonds. The van der Waals surface area contributed by atoms with E-state index < -0.39 is 23.3 Å². The van der Waals surface area contributed by atoms with Gasteiger partial charge in [0.05, 0.1) is 5.41 Å². The van der Waals surface area contributed by atoms with Crippen LogP contribution in [-0.4, -0.2) is 23.0 Å². The summed E-state index contributed by atoms with van der Waals surface area (Å²) in [4.78, 5) is 31.4. The number of hydrogen-bond acceptors (Lipinski definition) is 4. The third-order valence-corrected chi connectivity index (χ3v) is 9.57. The number of hydrogen-bond donors (Lipinski definition) is 1. The summed E-state index contributed by atoms with van der Waals surface area (Å²) in [7, 11) is 0. The van der Waals surface area contributed by atoms with Crippen LogP contribution in [0.2, 0.25) is 0 Å². The molecular weight excluding hydrogens is 416 g/mol. The maximum absolute atomic E-state index is 11.5. The SMILES string of the molecule is CC(C)(C)C1(C(=O)O)CC2=CCC1C2.CCC1C2CC3CC(C2)CC1C3.O=C1C=CC(=O)O1. The van der Waals surface area contributed by atoms with Crippen LogP contribution in [0.4, 0.5) is 0 Å². The number of aliphatic carboxylic acids is 1. The van der Waals surface area contributed by atoms with E-state index in [0.717, 1.165) is 61.0 Å². The molecule has 0 aromatic carbocycles. The summed E-state index contributed by atoms with van der Waals surface area (Å²) < 4.78 is 3.97. The zero-order chi connectivity index (χ0) is 24.0. The van der Waals surface area contributed by atoms with Gasteiger partial charge in [0, 0.05) is 12.2 Å². The monoisotopic (exact) mass is 456 g/mol. The van der Waals surface area contributed by atoms with E-state index in [2.05, 4.69) is 38.5 Å². The molecule has 0 spiro atoms. The lowest BCUT2D eigenvalue weighted by molar-refractivity contribution is -0.160. The minimum Gasteiger partial charge on any atom is -0.481 e. The Morgan fingerprint density at radius 2 is 1.58 bits per heavy atom. The average Bonchev–Trinajstić information content (AvgIpc) is 3.44. The molecule has 0 aromatic rings. The molecule has 1 N–H and O–H groups in total. The van der Waals surface area contributed by atoms with Gasteiger partial charge in [-0.05, 0) is 92.3 Å². The molecule has 6 aliphatic carbocycles. The number of ether oxygens (including phenoxy) is 1. The zero-order valence-corrected chi connectivity index (χ0v) is 20.6. The number of carboxylic acids is 1. The topological polar surface area (TPSA) is 80.7 Å². The number of esters is 2. The van der Waals surface area contributed by atoms with E-state index in [-0.39, 0.29) is 5.41 Å². The minimum absolute atomic E-state index is 0.139. The number of allylic oxidation sites excluding steroid dienone is 2. The van der Waals surface area contributed by atoms with Crippen molar-refractivity contribution in [2.75, 3.05) is 0 Å². The van der Waals surface area contributed by atoms with Crippen molar-refractivity contribution in [2.24, 2.45) is 46.3 Å². The highest BCUT2D eigenvalue weighted by molar-refractivity contribution is 6.04. The first-order valence-corrected chi connectivity index (χ1v) is 12.9. The van der Waals surface area contributed by atoms with E-state index in [1.54, 1.807) is 32.1 Å². The van der Waals surface area contributed by atoms with Crippen molar-refractivity contribution < 1.29 is 24.2 Å². The van der Waals surface area contributed by atoms with Gasteiger partial charge in [0.1, 0.15) is 0 Å². The van der Waals surface area contributed by atoms with Crippen molar-refractivity contribution in [3.8, 4) is 0 Å². The number of fused-ring (bicyclic) bond motifs is 2. The van der Waals surface area contributed by atoms with E-state index in [1.165, 1.54) is 12.0 Å². The molecule has 7 aliphatic rings. The van der Waals surface area contributed by atoms with E-state index in [1.807, 2.05) is 0 Å². The Labute approximate surface area is 198 Å². The summed E-state index contributed by atoms with van der Waals surface area (Å²) in [6, 6.07) is 0. The Balaban J connectivity index is 0.000000124. The first kappa shape index (κ1) is 24.2. The molecule has 0 aromatic heterocycles. The fraction of sp³-hybridized carbons (Fsp3) is 0.750. The lowest BCUT2D eigenvalue weighted by Gasteiger charge is -2.54. The second-order valence-corrected chi connectivity index (χ2v) is 12.3. The van der Waals surface area contributed by atoms with E-state index >= 15 is 0 Å². The van der Waals surface area contributed by atoms with Crippen LogP contribution in [0.5, 0.6) is 0 Å². The molecule has 5 heteroatoms. The van der Waals surface area contributed by atoms with Gasteiger partial charge in [-0.1, -0.05) is 45.8 Å². The smallest absolute Gasteiger partial charge is 0.338 e. The summed E-state index contributed by atoms with van der Waals surface area (Å²) in [5.74, 6) is 4.36. The third-order valence-electron chi connectivity index (χ3n) is 9.57. The molecule has 0 radical (unpaired) electrons. The van der Waals surface area contributed by atoms with Gasteiger partial charge < -0.3 is 9.84 Å². The van der Waals surface area contributed by atoms with Gasteiger partial charge >= 0.3 is 17.9 Å². The Kier molecular flexibility index (Phi) is 6.63. The van der Waals surface area contributed by atoms with Crippen molar-refractivity contribution in [3.63, 3.8) is 0 Å². The Bertz CT molecular complexity index is 816. The number of carbonyl (C=O) groups is 3. The van der Waals surface area contributed by atoms with E-state index in [9.17, 15) is 19.5 Å². The first-order chi connectivity index (χ1) is 15.5. The van der Waals surface area contributed by atoms with Crippen LogP contribution in [0.3, 0.4) is 0 Å². The number of cyclic esters (lactones) is 2. The maximum Gasteiger partial charge on any atom is 0.338 e. The number of carboxylic acid groups (broad SMARTS) is 1. The molecule has 5 nitrogen and oxygen atoms in total. The van der Waals surface area contributed by atoms with Crippen LogP contribution in [-0.2, 0) is 19.1 Å². The summed E-state index contributed by atoms with van der Waals surface area (Å²) in [6.45, 7) is 8.58. The van der Waals surface area contributed by atoms with Crippen molar-refractivity contribution in [1.29, 1.82) is 0 Å². The summed E-state index contributed by atoms with van der Waals surface area (Å²) in [6.07, 6.45) is 16.6. The molecule has 182 valence electrons. The van der Waals surface area contributed by atoms with Gasteiger partial charge in [-0.15, -0.1) is 0 Å². The Morgan fingerprint density at radius 3 is 1.85 bits per heavy atom. The Hall–Kier alpha value is -1.91. The minimum atomic E-state index is -0.599. The first-order valence-electron chi connectivity index (χ1n) is 12.9. The number of carbonyl (C=O) groups excluding carboxylic acids is 2. The van der Waals surface area contributed by atoms with Crippen LogP contribution in [0, 0.1) is 46.3 Å². The van der Waals surface area contributed by atoms with Gasteiger partial charge in [-0.25, -0.2) is 9.59 Å². The largest absolute Gasteiger partial charge is 0.481 e. The zero-order valence-electron chi connectivity index (χ0n) is 20.6. The molecule has 0 saturated heterocycles. The number of rotatable bonds is 2. The van der Waals surface area contributed by atoms with Crippen molar-refractivity contribution in [1.82, 2.24) is 0 Å². The Morgan fingerprint density at radius 1 is 1.03 bits per heavy atom. The fourth-order valence-corrected chi connectivity index (χ4v) is 8.27. The van der Waals surface area contributed by atoms with Crippen LogP contribution in [0.15, 0.2) is 23.8 Å². The highest BCUT2D eigenvalue weighted by atomic mass is 16.6. The summed E-state index contributed by atoms with van der Waals surface area (Å²) >= 11 is 0. The highest BCUT2D eigenvalue weighted by Crippen LogP contribution is 2.61. The lowest BCUT2D eigenvalue weighted by atomic mass is 9.51. The normalized spacial score (nSPS) is 39.5. The maximum atomic E-state index is 11.5. The van der Waals surface area contributed by atoms with E-state index in [0.29, 0.717) is 5.92 Å². The molecular formula is C28H40O5. The quantitative estimate of drug-likeness (QED) is 0.316. The van der Waals surface area contributed by atoms with Gasteiger partial charge in [0.25, 0.3) is 0 Å². The molecule has 7 rings (SSSR count). The molecule has 5 fully saturated rings. The standard InChI is InChI=1S/C12H18O2.C12H20.C4H2O3/c1-11(2,3)12(10(13)14)7-8-4-5-9(12)6-8;1-2-12-10-4-8-3-9(6-10)7-11(12)5-8;5-3-1-2-4(6)7-3/h4,9H,5-7H2,1-3H3,(H,13,14);8-12H,2-7H2,1H3;1-2H. The molecule has 2 unspecified atom stereocenters. The molecule has 1 aliphatic heterocycles. The summed E-state index contributed by atoms with van der Waals surface area (Å²) in [5.41, 5.74) is 0.726. The second-order valence-electron chi connectivity index (χ2n) is 12.3. The van der Waals surface area contributed by atoms with Crippen LogP contribution in [0.1, 0.15) is 85.5 Å². The molecule has 5 saturated carbocycles. The van der Waals surface area contributed by atoms with Gasteiger partial charge in [-0.2, -0.15) is 0 Å². The van der Waals surface area contributed by atoms with Gasteiger partial charge in [-0.3, -0.25) is 4.79 Å². The van der Waals surface area contributed by atoms with Crippen LogP contribution in [0.25, 0.3) is 0 Å². The van der Waals surface area contributed by atoms with Crippen LogP contribution >= 0.6 is 0 Å². The van der Waals surface area contributed by atoms with Crippen molar-refractivity contribution >= 4 is 17.9 Å². The predicted octanol–water partition coefficient (Wildman–Crippen LogP) is 5.94. The second kappa shape index (κ2) is 9.03. The van der Waals surface area contributed by atoms with Crippen molar-refractivity contribution in [2.45, 2.75) is 85.5 Å². The summed E-state index contributed by atoms with van der Waals surface area (Å²) in [5, 5.41) is 9.49. The van der Waals surface area contributed by atoms with Gasteiger partial charge in [0.2, 0.25) is 0 Å². The lowest BCUT2D eigenvalue weighted by Crippen LogP contribution is -2.46. The molecule has 1 heterocycles. The third kappa shape index (κ3) is 4.57. The highest BCUT2D eigenvalue weighted by Gasteiger charge is 2.59. The molecule has 2 atom stereocenters.